The Hall–Kier alpha value is -2.18. The molecule has 1 aromatic heterocycles. The number of nitrogens with one attached hydrogen (secondary N) is 2. The Morgan fingerprint density at radius 1 is 1.50 bits per heavy atom. The molecule has 2 heterocycles. The van der Waals surface area contributed by atoms with Gasteiger partial charge in [-0.1, -0.05) is 0 Å². The van der Waals surface area contributed by atoms with Gasteiger partial charge in [-0.05, 0) is 13.8 Å². The first-order valence-electron chi connectivity index (χ1n) is 5.77. The van der Waals surface area contributed by atoms with Crippen LogP contribution in [0, 0.1) is 0 Å². The molecule has 1 aliphatic heterocycles. The average molecular weight is 249 g/mol. The number of amides is 2. The maximum Gasteiger partial charge on any atom is 0.271 e. The lowest BCUT2D eigenvalue weighted by Crippen LogP contribution is -2.32. The zero-order chi connectivity index (χ0) is 13.1. The van der Waals surface area contributed by atoms with E-state index >= 15 is 0 Å². The minimum atomic E-state index is -0.307. The van der Waals surface area contributed by atoms with Crippen LogP contribution in [0.4, 0.5) is 5.69 Å². The normalized spacial score (nSPS) is 15.3. The zero-order valence-electron chi connectivity index (χ0n) is 10.3. The minimum absolute atomic E-state index is 0.167. The molecule has 0 saturated heterocycles. The molecule has 2 amide bonds. The molecule has 0 radical (unpaired) electrons. The highest BCUT2D eigenvalue weighted by Crippen LogP contribution is 2.10. The van der Waals surface area contributed by atoms with Crippen molar-refractivity contribution in [2.24, 2.45) is 5.10 Å². The van der Waals surface area contributed by atoms with Gasteiger partial charge in [0.15, 0.2) is 0 Å². The van der Waals surface area contributed by atoms with E-state index in [1.54, 1.807) is 17.1 Å². The van der Waals surface area contributed by atoms with Crippen molar-refractivity contribution in [1.82, 2.24) is 15.2 Å². The van der Waals surface area contributed by atoms with E-state index in [1.165, 1.54) is 0 Å². The summed E-state index contributed by atoms with van der Waals surface area (Å²) in [4.78, 5) is 22.7. The lowest BCUT2D eigenvalue weighted by atomic mass is 10.1. The van der Waals surface area contributed by atoms with Crippen LogP contribution in [-0.4, -0.2) is 27.3 Å². The summed E-state index contributed by atoms with van der Waals surface area (Å²) in [6.07, 6.45) is 3.98. The SMILES string of the molecule is CC(C)n1cc(NC(=O)C2=NNC(=O)CC2)cn1. The molecule has 0 fully saturated rings. The van der Waals surface area contributed by atoms with Crippen LogP contribution in [0.15, 0.2) is 17.5 Å². The molecule has 0 aromatic carbocycles. The smallest absolute Gasteiger partial charge is 0.271 e. The van der Waals surface area contributed by atoms with E-state index in [-0.39, 0.29) is 24.3 Å². The van der Waals surface area contributed by atoms with Gasteiger partial charge in [-0.2, -0.15) is 10.2 Å². The number of carbonyl (C=O) groups excluding carboxylic acids is 2. The van der Waals surface area contributed by atoms with E-state index in [2.05, 4.69) is 20.9 Å². The van der Waals surface area contributed by atoms with Crippen LogP contribution >= 0.6 is 0 Å². The number of rotatable bonds is 3. The van der Waals surface area contributed by atoms with Gasteiger partial charge in [-0.3, -0.25) is 14.3 Å². The molecule has 0 unspecified atom stereocenters. The van der Waals surface area contributed by atoms with Gasteiger partial charge in [0.25, 0.3) is 5.91 Å². The molecule has 1 aliphatic rings. The van der Waals surface area contributed by atoms with Crippen molar-refractivity contribution < 1.29 is 9.59 Å². The standard InChI is InChI=1S/C11H15N5O2/c1-7(2)16-6-8(5-12-16)13-11(18)9-3-4-10(17)15-14-9/h5-7H,3-4H2,1-2H3,(H,13,18)(H,15,17). The Labute approximate surface area is 104 Å². The molecule has 2 rings (SSSR count). The number of hydrogen-bond acceptors (Lipinski definition) is 4. The van der Waals surface area contributed by atoms with Crippen molar-refractivity contribution in [3.05, 3.63) is 12.4 Å². The van der Waals surface area contributed by atoms with Crippen LogP contribution in [0.3, 0.4) is 0 Å². The van der Waals surface area contributed by atoms with Crippen molar-refractivity contribution in [2.45, 2.75) is 32.7 Å². The highest BCUT2D eigenvalue weighted by molar-refractivity contribution is 6.43. The number of hydrogen-bond donors (Lipinski definition) is 2. The Morgan fingerprint density at radius 2 is 2.28 bits per heavy atom. The van der Waals surface area contributed by atoms with Crippen LogP contribution in [0.2, 0.25) is 0 Å². The molecule has 0 spiro atoms. The number of carbonyl (C=O) groups is 2. The molecular weight excluding hydrogens is 234 g/mol. The summed E-state index contributed by atoms with van der Waals surface area (Å²) in [7, 11) is 0. The summed E-state index contributed by atoms with van der Waals surface area (Å²) in [5, 5.41) is 10.5. The quantitative estimate of drug-likeness (QED) is 0.825. The second-order valence-electron chi connectivity index (χ2n) is 4.35. The summed E-state index contributed by atoms with van der Waals surface area (Å²) < 4.78 is 1.75. The third kappa shape index (κ3) is 2.73. The lowest BCUT2D eigenvalue weighted by molar-refractivity contribution is -0.121. The summed E-state index contributed by atoms with van der Waals surface area (Å²) in [6.45, 7) is 4.00. The molecular formula is C11H15N5O2. The Bertz CT molecular complexity index is 503. The van der Waals surface area contributed by atoms with Gasteiger partial charge in [0.05, 0.1) is 11.9 Å². The average Bonchev–Trinajstić information content (AvgIpc) is 2.78. The predicted molar refractivity (Wildman–Crippen MR) is 66.1 cm³/mol. The molecule has 2 N–H and O–H groups in total. The summed E-state index contributed by atoms with van der Waals surface area (Å²) in [5.74, 6) is -0.475. The maximum atomic E-state index is 11.8. The predicted octanol–water partition coefficient (Wildman–Crippen LogP) is 0.668. The van der Waals surface area contributed by atoms with Crippen molar-refractivity contribution in [2.75, 3.05) is 5.32 Å². The van der Waals surface area contributed by atoms with Crippen molar-refractivity contribution in [1.29, 1.82) is 0 Å². The molecule has 7 heteroatoms. The van der Waals surface area contributed by atoms with Gasteiger partial charge in [-0.25, -0.2) is 5.43 Å². The highest BCUT2D eigenvalue weighted by atomic mass is 16.2. The van der Waals surface area contributed by atoms with Crippen LogP contribution in [0.25, 0.3) is 0 Å². The lowest BCUT2D eigenvalue weighted by Gasteiger charge is -2.11. The number of nitrogens with zero attached hydrogens (tertiary/aromatic N) is 3. The van der Waals surface area contributed by atoms with E-state index < -0.39 is 0 Å². The van der Waals surface area contributed by atoms with Gasteiger partial charge < -0.3 is 5.32 Å². The first-order chi connectivity index (χ1) is 8.56. The minimum Gasteiger partial charge on any atom is -0.318 e. The van der Waals surface area contributed by atoms with Crippen LogP contribution < -0.4 is 10.7 Å². The Morgan fingerprint density at radius 3 is 2.83 bits per heavy atom. The second kappa shape index (κ2) is 4.99. The highest BCUT2D eigenvalue weighted by Gasteiger charge is 2.18. The van der Waals surface area contributed by atoms with E-state index in [9.17, 15) is 9.59 Å². The topological polar surface area (TPSA) is 88.4 Å². The van der Waals surface area contributed by atoms with Gasteiger partial charge in [0.2, 0.25) is 5.91 Å². The monoisotopic (exact) mass is 249 g/mol. The van der Waals surface area contributed by atoms with Crippen molar-refractivity contribution in [3.8, 4) is 0 Å². The van der Waals surface area contributed by atoms with Gasteiger partial charge in [-0.15, -0.1) is 0 Å². The molecule has 96 valence electrons. The van der Waals surface area contributed by atoms with Crippen LogP contribution in [0.1, 0.15) is 32.7 Å². The molecule has 0 bridgehead atoms. The van der Waals surface area contributed by atoms with E-state index in [0.29, 0.717) is 17.8 Å². The van der Waals surface area contributed by atoms with Crippen LogP contribution in [0.5, 0.6) is 0 Å². The first-order valence-corrected chi connectivity index (χ1v) is 5.77. The van der Waals surface area contributed by atoms with Crippen molar-refractivity contribution >= 4 is 23.2 Å². The second-order valence-corrected chi connectivity index (χ2v) is 4.35. The van der Waals surface area contributed by atoms with Crippen molar-refractivity contribution in [3.63, 3.8) is 0 Å². The fraction of sp³-hybridized carbons (Fsp3) is 0.455. The van der Waals surface area contributed by atoms with Gasteiger partial charge in [0.1, 0.15) is 5.71 Å². The van der Waals surface area contributed by atoms with E-state index in [0.717, 1.165) is 0 Å². The van der Waals surface area contributed by atoms with Gasteiger partial charge in [0, 0.05) is 25.1 Å². The summed E-state index contributed by atoms with van der Waals surface area (Å²) >= 11 is 0. The number of anilines is 1. The fourth-order valence-corrected chi connectivity index (χ4v) is 1.53. The third-order valence-corrected chi connectivity index (χ3v) is 2.55. The van der Waals surface area contributed by atoms with Crippen LogP contribution in [-0.2, 0) is 9.59 Å². The molecule has 7 nitrogen and oxygen atoms in total. The van der Waals surface area contributed by atoms with E-state index in [1.807, 2.05) is 13.8 Å². The largest absolute Gasteiger partial charge is 0.318 e. The molecule has 1 aromatic rings. The number of hydrazone groups is 1. The zero-order valence-corrected chi connectivity index (χ0v) is 10.3. The Balaban J connectivity index is 2.00. The summed E-state index contributed by atoms with van der Waals surface area (Å²) in [6, 6.07) is 0.238. The molecule has 18 heavy (non-hydrogen) atoms. The third-order valence-electron chi connectivity index (χ3n) is 2.55. The van der Waals surface area contributed by atoms with Gasteiger partial charge >= 0.3 is 0 Å². The maximum absolute atomic E-state index is 11.8. The fourth-order valence-electron chi connectivity index (χ4n) is 1.53. The number of aromatic nitrogens is 2. The first kappa shape index (κ1) is 12.3. The molecule has 0 saturated carbocycles. The summed E-state index contributed by atoms with van der Waals surface area (Å²) in [5.41, 5.74) is 3.23. The molecule has 0 aliphatic carbocycles. The molecule has 0 atom stereocenters. The Kier molecular flexibility index (Phi) is 3.40. The van der Waals surface area contributed by atoms with E-state index in [4.69, 9.17) is 0 Å².